The monoisotopic (exact) mass is 477 g/mol. The van der Waals surface area contributed by atoms with E-state index < -0.39 is 5.91 Å². The van der Waals surface area contributed by atoms with Crippen molar-refractivity contribution in [3.63, 3.8) is 0 Å². The molecule has 2 aromatic carbocycles. The van der Waals surface area contributed by atoms with Crippen molar-refractivity contribution < 1.29 is 19.0 Å². The van der Waals surface area contributed by atoms with Crippen LogP contribution in [0.5, 0.6) is 17.2 Å². The number of nitriles is 1. The summed E-state index contributed by atoms with van der Waals surface area (Å²) in [4.78, 5) is 17.9. The van der Waals surface area contributed by atoms with Crippen LogP contribution in [0, 0.1) is 11.3 Å². The number of methoxy groups -OCH3 is 2. The number of amides is 1. The van der Waals surface area contributed by atoms with Crippen LogP contribution in [0.4, 0.5) is 5.13 Å². The summed E-state index contributed by atoms with van der Waals surface area (Å²) in [5.41, 5.74) is 1.73. The third-order valence-electron chi connectivity index (χ3n) is 4.93. The van der Waals surface area contributed by atoms with Crippen LogP contribution in [0.2, 0.25) is 0 Å². The van der Waals surface area contributed by atoms with Crippen molar-refractivity contribution in [2.75, 3.05) is 26.1 Å². The first-order valence-corrected chi connectivity index (χ1v) is 11.7. The Bertz CT molecular complexity index is 1180. The first kappa shape index (κ1) is 24.8. The van der Waals surface area contributed by atoms with Crippen LogP contribution in [0.3, 0.4) is 0 Å². The molecule has 0 spiro atoms. The zero-order valence-corrected chi connectivity index (χ0v) is 20.3. The number of hydrogen-bond donors (Lipinski definition) is 1. The summed E-state index contributed by atoms with van der Waals surface area (Å²) < 4.78 is 16.3. The number of rotatable bonds is 11. The second-order valence-corrected chi connectivity index (χ2v) is 8.51. The molecular formula is C26H27N3O4S. The number of anilines is 1. The fourth-order valence-electron chi connectivity index (χ4n) is 3.09. The van der Waals surface area contributed by atoms with Crippen LogP contribution in [0.1, 0.15) is 35.8 Å². The summed E-state index contributed by atoms with van der Waals surface area (Å²) in [6.07, 6.45) is 5.90. The molecule has 0 atom stereocenters. The van der Waals surface area contributed by atoms with Crippen molar-refractivity contribution >= 4 is 28.5 Å². The van der Waals surface area contributed by atoms with E-state index in [4.69, 9.17) is 14.2 Å². The molecule has 0 fully saturated rings. The lowest BCUT2D eigenvalue weighted by atomic mass is 10.1. The molecule has 0 aliphatic rings. The molecule has 0 unspecified atom stereocenters. The molecule has 1 heterocycles. The van der Waals surface area contributed by atoms with Crippen molar-refractivity contribution in [3.8, 4) is 23.3 Å². The molecule has 8 heteroatoms. The Hall–Kier alpha value is -3.83. The first-order chi connectivity index (χ1) is 16.6. The highest BCUT2D eigenvalue weighted by molar-refractivity contribution is 7.15. The van der Waals surface area contributed by atoms with E-state index in [2.05, 4.69) is 17.2 Å². The minimum absolute atomic E-state index is 0.0337. The van der Waals surface area contributed by atoms with E-state index in [1.165, 1.54) is 17.4 Å². The van der Waals surface area contributed by atoms with Crippen molar-refractivity contribution in [2.45, 2.75) is 26.2 Å². The summed E-state index contributed by atoms with van der Waals surface area (Å²) in [7, 11) is 3.19. The molecule has 7 nitrogen and oxygen atoms in total. The molecule has 176 valence electrons. The normalized spacial score (nSPS) is 10.9. The van der Waals surface area contributed by atoms with Crippen LogP contribution in [-0.2, 0) is 11.2 Å². The third-order valence-corrected chi connectivity index (χ3v) is 5.84. The van der Waals surface area contributed by atoms with E-state index >= 15 is 0 Å². The molecule has 3 aromatic rings. The number of hydrogen-bond acceptors (Lipinski definition) is 7. The predicted molar refractivity (Wildman–Crippen MR) is 134 cm³/mol. The number of nitrogens with one attached hydrogen (secondary N) is 1. The van der Waals surface area contributed by atoms with E-state index in [1.54, 1.807) is 38.6 Å². The molecule has 1 aromatic heterocycles. The minimum Gasteiger partial charge on any atom is -0.497 e. The quantitative estimate of drug-likeness (QED) is 0.223. The second-order valence-electron chi connectivity index (χ2n) is 7.39. The van der Waals surface area contributed by atoms with Gasteiger partial charge in [-0.25, -0.2) is 4.98 Å². The second kappa shape index (κ2) is 12.4. The highest BCUT2D eigenvalue weighted by atomic mass is 32.1. The Labute approximate surface area is 203 Å². The van der Waals surface area contributed by atoms with Crippen molar-refractivity contribution in [2.24, 2.45) is 0 Å². The Kier molecular flexibility index (Phi) is 9.06. The van der Waals surface area contributed by atoms with Crippen molar-refractivity contribution in [3.05, 3.63) is 70.2 Å². The third kappa shape index (κ3) is 6.83. The number of benzene rings is 2. The lowest BCUT2D eigenvalue weighted by molar-refractivity contribution is -0.112. The largest absolute Gasteiger partial charge is 0.497 e. The summed E-state index contributed by atoms with van der Waals surface area (Å²) in [6.45, 7) is 2.69. The Morgan fingerprint density at radius 2 is 1.94 bits per heavy atom. The van der Waals surface area contributed by atoms with Gasteiger partial charge in [0.05, 0.1) is 20.8 Å². The molecule has 0 aliphatic carbocycles. The maximum Gasteiger partial charge on any atom is 0.268 e. The number of unbranched alkanes of at least 4 members (excludes halogenated alkanes) is 1. The van der Waals surface area contributed by atoms with E-state index in [0.29, 0.717) is 35.2 Å². The summed E-state index contributed by atoms with van der Waals surface area (Å²) >= 11 is 1.37. The van der Waals surface area contributed by atoms with Gasteiger partial charge < -0.3 is 14.2 Å². The van der Waals surface area contributed by atoms with Gasteiger partial charge in [-0.3, -0.25) is 10.1 Å². The Balaban J connectivity index is 1.67. The summed E-state index contributed by atoms with van der Waals surface area (Å²) in [5, 5.41) is 12.7. The SMILES string of the molecule is CCCCOc1ccc(C=C(C#N)C(=O)Nc2ncc(Cc3ccc(OC)cc3)s2)cc1OC. The van der Waals surface area contributed by atoms with E-state index in [-0.39, 0.29) is 5.57 Å². The number of carbonyl (C=O) groups is 1. The number of nitrogens with zero attached hydrogens (tertiary/aromatic N) is 2. The molecule has 3 rings (SSSR count). The van der Waals surface area contributed by atoms with E-state index in [9.17, 15) is 10.1 Å². The highest BCUT2D eigenvalue weighted by Crippen LogP contribution is 2.29. The van der Waals surface area contributed by atoms with Gasteiger partial charge in [0.1, 0.15) is 17.4 Å². The molecule has 0 radical (unpaired) electrons. The number of carbonyl (C=O) groups excluding carboxylic acids is 1. The fraction of sp³-hybridized carbons (Fsp3) is 0.269. The van der Waals surface area contributed by atoms with Gasteiger partial charge in [-0.05, 0) is 47.9 Å². The van der Waals surface area contributed by atoms with Gasteiger partial charge in [-0.2, -0.15) is 5.26 Å². The van der Waals surface area contributed by atoms with Crippen molar-refractivity contribution in [1.29, 1.82) is 5.26 Å². The van der Waals surface area contributed by atoms with Gasteiger partial charge in [-0.15, -0.1) is 11.3 Å². The number of thiazole rings is 1. The standard InChI is InChI=1S/C26H27N3O4S/c1-4-5-12-33-23-11-8-19(15-24(23)32-3)13-20(16-27)25(30)29-26-28-17-22(34-26)14-18-6-9-21(31-2)10-7-18/h6-11,13,15,17H,4-5,12,14H2,1-3H3,(H,28,29,30). The number of ether oxygens (including phenoxy) is 3. The van der Waals surface area contributed by atoms with Crippen LogP contribution >= 0.6 is 11.3 Å². The molecule has 0 bridgehead atoms. The summed E-state index contributed by atoms with van der Waals surface area (Å²) in [5.74, 6) is 1.46. The topological polar surface area (TPSA) is 93.5 Å². The average molecular weight is 478 g/mol. The maximum atomic E-state index is 12.7. The lowest BCUT2D eigenvalue weighted by Gasteiger charge is -2.11. The molecule has 0 saturated carbocycles. The lowest BCUT2D eigenvalue weighted by Crippen LogP contribution is -2.13. The van der Waals surface area contributed by atoms with Gasteiger partial charge in [-0.1, -0.05) is 31.5 Å². The van der Waals surface area contributed by atoms with Crippen LogP contribution in [0.15, 0.2) is 54.2 Å². The van der Waals surface area contributed by atoms with Gasteiger partial charge >= 0.3 is 0 Å². The number of aromatic nitrogens is 1. The van der Waals surface area contributed by atoms with Gasteiger partial charge in [0.25, 0.3) is 5.91 Å². The zero-order valence-electron chi connectivity index (χ0n) is 19.5. The van der Waals surface area contributed by atoms with E-state index in [0.717, 1.165) is 29.0 Å². The van der Waals surface area contributed by atoms with Crippen LogP contribution < -0.4 is 19.5 Å². The fourth-order valence-corrected chi connectivity index (χ4v) is 3.93. The molecule has 1 amide bonds. The highest BCUT2D eigenvalue weighted by Gasteiger charge is 2.13. The molecule has 0 saturated heterocycles. The molecule has 1 N–H and O–H groups in total. The predicted octanol–water partition coefficient (Wildman–Crippen LogP) is 5.48. The van der Waals surface area contributed by atoms with E-state index in [1.807, 2.05) is 30.3 Å². The molecule has 34 heavy (non-hydrogen) atoms. The first-order valence-electron chi connectivity index (χ1n) is 10.9. The smallest absolute Gasteiger partial charge is 0.268 e. The summed E-state index contributed by atoms with van der Waals surface area (Å²) in [6, 6.07) is 15.0. The Morgan fingerprint density at radius 1 is 1.15 bits per heavy atom. The molecule has 0 aliphatic heterocycles. The maximum absolute atomic E-state index is 12.7. The van der Waals surface area contributed by atoms with Crippen LogP contribution in [0.25, 0.3) is 6.08 Å². The average Bonchev–Trinajstić information content (AvgIpc) is 3.30. The zero-order chi connectivity index (χ0) is 24.3. The van der Waals surface area contributed by atoms with Crippen LogP contribution in [-0.4, -0.2) is 31.7 Å². The van der Waals surface area contributed by atoms with Gasteiger partial charge in [0, 0.05) is 17.5 Å². The van der Waals surface area contributed by atoms with Gasteiger partial charge in [0.2, 0.25) is 0 Å². The Morgan fingerprint density at radius 3 is 2.62 bits per heavy atom. The van der Waals surface area contributed by atoms with Crippen molar-refractivity contribution in [1.82, 2.24) is 4.98 Å². The molecular weight excluding hydrogens is 450 g/mol. The minimum atomic E-state index is -0.518. The van der Waals surface area contributed by atoms with Gasteiger partial charge in [0.15, 0.2) is 16.6 Å².